The number of hydrogen-bond acceptors (Lipinski definition) is 3. The second-order valence-electron chi connectivity index (χ2n) is 6.03. The SMILES string of the molecule is CC(=O)NC(C)c1nc2ccccc2n1CC(=O)Nc1cccc(F)c1. The third-order valence-electron chi connectivity index (χ3n) is 3.90. The molecule has 3 aromatic rings. The van der Waals surface area contributed by atoms with Crippen LogP contribution in [0, 0.1) is 5.82 Å². The van der Waals surface area contributed by atoms with Crippen LogP contribution in [-0.4, -0.2) is 21.4 Å². The third-order valence-corrected chi connectivity index (χ3v) is 3.90. The standard InChI is InChI=1S/C19H19FN4O2/c1-12(21-13(2)25)19-23-16-8-3-4-9-17(16)24(19)11-18(26)22-15-7-5-6-14(20)10-15/h3-10,12H,11H2,1-2H3,(H,21,25)(H,22,26). The number of amides is 2. The van der Waals surface area contributed by atoms with E-state index in [0.717, 1.165) is 11.0 Å². The average Bonchev–Trinajstić information content (AvgIpc) is 2.93. The van der Waals surface area contributed by atoms with Gasteiger partial charge in [0.2, 0.25) is 11.8 Å². The number of carbonyl (C=O) groups is 2. The van der Waals surface area contributed by atoms with Crippen LogP contribution in [0.5, 0.6) is 0 Å². The van der Waals surface area contributed by atoms with Gasteiger partial charge in [0.1, 0.15) is 18.2 Å². The molecule has 1 heterocycles. The summed E-state index contributed by atoms with van der Waals surface area (Å²) in [6.07, 6.45) is 0. The lowest BCUT2D eigenvalue weighted by atomic mass is 10.3. The summed E-state index contributed by atoms with van der Waals surface area (Å²) in [4.78, 5) is 28.4. The van der Waals surface area contributed by atoms with Crippen molar-refractivity contribution in [1.29, 1.82) is 0 Å². The van der Waals surface area contributed by atoms with E-state index in [1.165, 1.54) is 25.1 Å². The molecule has 0 bridgehead atoms. The molecule has 0 aliphatic heterocycles. The number of anilines is 1. The maximum atomic E-state index is 13.3. The van der Waals surface area contributed by atoms with Gasteiger partial charge in [0.25, 0.3) is 0 Å². The van der Waals surface area contributed by atoms with Crippen molar-refractivity contribution in [2.75, 3.05) is 5.32 Å². The van der Waals surface area contributed by atoms with Crippen LogP contribution in [-0.2, 0) is 16.1 Å². The Morgan fingerprint density at radius 2 is 1.96 bits per heavy atom. The van der Waals surface area contributed by atoms with E-state index in [0.29, 0.717) is 11.5 Å². The first-order valence-corrected chi connectivity index (χ1v) is 8.21. The topological polar surface area (TPSA) is 76.0 Å². The summed E-state index contributed by atoms with van der Waals surface area (Å²) in [6, 6.07) is 12.8. The summed E-state index contributed by atoms with van der Waals surface area (Å²) in [7, 11) is 0. The predicted molar refractivity (Wildman–Crippen MR) is 97.0 cm³/mol. The Hall–Kier alpha value is -3.22. The smallest absolute Gasteiger partial charge is 0.244 e. The van der Waals surface area contributed by atoms with E-state index in [1.54, 1.807) is 10.6 Å². The van der Waals surface area contributed by atoms with Gasteiger partial charge < -0.3 is 15.2 Å². The molecule has 26 heavy (non-hydrogen) atoms. The van der Waals surface area contributed by atoms with Gasteiger partial charge in [0.15, 0.2) is 0 Å². The van der Waals surface area contributed by atoms with Crippen LogP contribution >= 0.6 is 0 Å². The van der Waals surface area contributed by atoms with Gasteiger partial charge in [0, 0.05) is 12.6 Å². The van der Waals surface area contributed by atoms with E-state index in [-0.39, 0.29) is 24.4 Å². The molecule has 0 spiro atoms. The van der Waals surface area contributed by atoms with Crippen LogP contribution in [0.25, 0.3) is 11.0 Å². The van der Waals surface area contributed by atoms with Gasteiger partial charge >= 0.3 is 0 Å². The number of fused-ring (bicyclic) bond motifs is 1. The molecule has 1 unspecified atom stereocenters. The Kier molecular flexibility index (Phi) is 4.97. The summed E-state index contributed by atoms with van der Waals surface area (Å²) in [5, 5.41) is 5.47. The number of nitrogens with zero attached hydrogens (tertiary/aromatic N) is 2. The van der Waals surface area contributed by atoms with Crippen LogP contribution in [0.4, 0.5) is 10.1 Å². The van der Waals surface area contributed by atoms with E-state index in [2.05, 4.69) is 15.6 Å². The Bertz CT molecular complexity index is 967. The van der Waals surface area contributed by atoms with Crippen molar-refractivity contribution in [1.82, 2.24) is 14.9 Å². The van der Waals surface area contributed by atoms with Crippen molar-refractivity contribution in [2.45, 2.75) is 26.4 Å². The van der Waals surface area contributed by atoms with Gasteiger partial charge in [0.05, 0.1) is 17.1 Å². The van der Waals surface area contributed by atoms with Crippen molar-refractivity contribution in [3.63, 3.8) is 0 Å². The van der Waals surface area contributed by atoms with E-state index in [1.807, 2.05) is 31.2 Å². The molecule has 0 aliphatic rings. The third kappa shape index (κ3) is 3.88. The first-order valence-electron chi connectivity index (χ1n) is 8.21. The van der Waals surface area contributed by atoms with Crippen molar-refractivity contribution < 1.29 is 14.0 Å². The van der Waals surface area contributed by atoms with E-state index in [9.17, 15) is 14.0 Å². The molecule has 0 radical (unpaired) electrons. The minimum atomic E-state index is -0.421. The minimum Gasteiger partial charge on any atom is -0.347 e. The maximum Gasteiger partial charge on any atom is 0.244 e. The molecule has 134 valence electrons. The number of carbonyl (C=O) groups excluding carboxylic acids is 2. The predicted octanol–water partition coefficient (Wildman–Crippen LogP) is 3.01. The van der Waals surface area contributed by atoms with Gasteiger partial charge in [-0.05, 0) is 37.3 Å². The normalized spacial score (nSPS) is 12.0. The zero-order valence-electron chi connectivity index (χ0n) is 14.5. The van der Waals surface area contributed by atoms with Crippen LogP contribution in [0.3, 0.4) is 0 Å². The molecule has 1 atom stereocenters. The highest BCUT2D eigenvalue weighted by Gasteiger charge is 2.19. The number of aromatic nitrogens is 2. The van der Waals surface area contributed by atoms with Gasteiger partial charge in [-0.15, -0.1) is 0 Å². The Labute approximate surface area is 150 Å². The molecular weight excluding hydrogens is 335 g/mol. The zero-order chi connectivity index (χ0) is 18.7. The molecule has 1 aromatic heterocycles. The Balaban J connectivity index is 1.90. The summed E-state index contributed by atoms with van der Waals surface area (Å²) in [5.41, 5.74) is 1.91. The zero-order valence-corrected chi connectivity index (χ0v) is 14.5. The number of hydrogen-bond donors (Lipinski definition) is 2. The highest BCUT2D eigenvalue weighted by molar-refractivity contribution is 5.91. The van der Waals surface area contributed by atoms with Crippen molar-refractivity contribution in [3.8, 4) is 0 Å². The number of rotatable bonds is 5. The highest BCUT2D eigenvalue weighted by Crippen LogP contribution is 2.21. The first-order chi connectivity index (χ1) is 12.4. The molecule has 0 saturated heterocycles. The molecule has 2 aromatic carbocycles. The molecule has 7 heteroatoms. The van der Waals surface area contributed by atoms with Gasteiger partial charge in [-0.3, -0.25) is 9.59 Å². The Morgan fingerprint density at radius 1 is 1.19 bits per heavy atom. The lowest BCUT2D eigenvalue weighted by Gasteiger charge is -2.15. The fraction of sp³-hybridized carbons (Fsp3) is 0.211. The van der Waals surface area contributed by atoms with Crippen LogP contribution in [0.1, 0.15) is 25.7 Å². The number of imidazole rings is 1. The number of nitrogens with one attached hydrogen (secondary N) is 2. The maximum absolute atomic E-state index is 13.3. The van der Waals surface area contributed by atoms with Crippen molar-refractivity contribution >= 4 is 28.5 Å². The molecule has 2 N–H and O–H groups in total. The monoisotopic (exact) mass is 354 g/mol. The number of benzene rings is 2. The fourth-order valence-electron chi connectivity index (χ4n) is 2.87. The van der Waals surface area contributed by atoms with E-state index < -0.39 is 5.82 Å². The highest BCUT2D eigenvalue weighted by atomic mass is 19.1. The van der Waals surface area contributed by atoms with Crippen LogP contribution in [0.2, 0.25) is 0 Å². The second-order valence-corrected chi connectivity index (χ2v) is 6.03. The van der Waals surface area contributed by atoms with Gasteiger partial charge in [-0.25, -0.2) is 9.37 Å². The minimum absolute atomic E-state index is 0.00369. The lowest BCUT2D eigenvalue weighted by molar-refractivity contribution is -0.119. The molecule has 0 saturated carbocycles. The van der Waals surface area contributed by atoms with E-state index in [4.69, 9.17) is 0 Å². The van der Waals surface area contributed by atoms with Crippen LogP contribution in [0.15, 0.2) is 48.5 Å². The lowest BCUT2D eigenvalue weighted by Crippen LogP contribution is -2.28. The van der Waals surface area contributed by atoms with Gasteiger partial charge in [-0.2, -0.15) is 0 Å². The largest absolute Gasteiger partial charge is 0.347 e. The number of para-hydroxylation sites is 2. The summed E-state index contributed by atoms with van der Waals surface area (Å²) in [6.45, 7) is 3.24. The fourth-order valence-corrected chi connectivity index (χ4v) is 2.87. The van der Waals surface area contributed by atoms with Crippen LogP contribution < -0.4 is 10.6 Å². The van der Waals surface area contributed by atoms with Crippen molar-refractivity contribution in [2.24, 2.45) is 0 Å². The quantitative estimate of drug-likeness (QED) is 0.739. The summed E-state index contributed by atoms with van der Waals surface area (Å²) < 4.78 is 15.0. The molecule has 2 amide bonds. The number of halogens is 1. The molecule has 0 aliphatic carbocycles. The first kappa shape index (κ1) is 17.6. The Morgan fingerprint density at radius 3 is 2.69 bits per heavy atom. The van der Waals surface area contributed by atoms with Gasteiger partial charge in [-0.1, -0.05) is 18.2 Å². The molecule has 0 fully saturated rings. The molecule has 6 nitrogen and oxygen atoms in total. The molecular formula is C19H19FN4O2. The molecule has 3 rings (SSSR count). The van der Waals surface area contributed by atoms with Crippen molar-refractivity contribution in [3.05, 3.63) is 60.2 Å². The summed E-state index contributed by atoms with van der Waals surface area (Å²) >= 11 is 0. The van der Waals surface area contributed by atoms with E-state index >= 15 is 0 Å². The second kappa shape index (κ2) is 7.35. The average molecular weight is 354 g/mol. The summed E-state index contributed by atoms with van der Waals surface area (Å²) in [5.74, 6) is -0.331.